The predicted octanol–water partition coefficient (Wildman–Crippen LogP) is 3.09. The normalized spacial score (nSPS) is 10.3. The first kappa shape index (κ1) is 17.5. The third-order valence-corrected chi connectivity index (χ3v) is 4.01. The van der Waals surface area contributed by atoms with Crippen molar-refractivity contribution in [3.05, 3.63) is 94.4 Å². The molecule has 0 bridgehead atoms. The number of anilines is 1. The number of rotatable bonds is 6. The van der Waals surface area contributed by atoms with E-state index in [0.717, 1.165) is 16.9 Å². The first-order valence-corrected chi connectivity index (χ1v) is 8.32. The number of nitrogens with zero attached hydrogens (tertiary/aromatic N) is 1. The molecule has 1 aromatic heterocycles. The lowest BCUT2D eigenvalue weighted by atomic mass is 10.1. The number of hydrogen-bond donors (Lipinski definition) is 1. The molecule has 0 radical (unpaired) electrons. The Hall–Kier alpha value is -3.34. The van der Waals surface area contributed by atoms with E-state index in [9.17, 15) is 9.59 Å². The van der Waals surface area contributed by atoms with Crippen LogP contribution in [-0.2, 0) is 17.8 Å². The maximum absolute atomic E-state index is 12.6. The summed E-state index contributed by atoms with van der Waals surface area (Å²) in [4.78, 5) is 24.8. The van der Waals surface area contributed by atoms with Crippen molar-refractivity contribution in [3.8, 4) is 5.75 Å². The first-order valence-electron chi connectivity index (χ1n) is 8.32. The minimum atomic E-state index is -0.232. The molecule has 5 nitrogen and oxygen atoms in total. The van der Waals surface area contributed by atoms with Crippen LogP contribution in [0.5, 0.6) is 5.75 Å². The Labute approximate surface area is 151 Å². The molecular weight excluding hydrogens is 328 g/mol. The summed E-state index contributed by atoms with van der Waals surface area (Å²) in [5.41, 5.74) is 1.93. The van der Waals surface area contributed by atoms with Gasteiger partial charge in [-0.3, -0.25) is 9.59 Å². The summed E-state index contributed by atoms with van der Waals surface area (Å²) < 4.78 is 6.68. The molecule has 0 aliphatic rings. The van der Waals surface area contributed by atoms with Crippen LogP contribution in [0.1, 0.15) is 11.1 Å². The molecule has 3 rings (SSSR count). The van der Waals surface area contributed by atoms with Gasteiger partial charge in [0.1, 0.15) is 11.4 Å². The number of aromatic nitrogens is 1. The average molecular weight is 348 g/mol. The summed E-state index contributed by atoms with van der Waals surface area (Å²) >= 11 is 0. The van der Waals surface area contributed by atoms with E-state index in [-0.39, 0.29) is 23.6 Å². The first-order chi connectivity index (χ1) is 12.7. The van der Waals surface area contributed by atoms with E-state index in [4.69, 9.17) is 4.74 Å². The maximum atomic E-state index is 12.6. The van der Waals surface area contributed by atoms with Crippen LogP contribution in [0.25, 0.3) is 0 Å². The molecule has 0 saturated carbocycles. The molecule has 3 aromatic rings. The molecule has 0 aliphatic heterocycles. The zero-order valence-electron chi connectivity index (χ0n) is 14.5. The summed E-state index contributed by atoms with van der Waals surface area (Å²) in [6, 6.07) is 20.4. The van der Waals surface area contributed by atoms with E-state index in [2.05, 4.69) is 5.32 Å². The Balaban J connectivity index is 1.70. The predicted molar refractivity (Wildman–Crippen MR) is 102 cm³/mol. The van der Waals surface area contributed by atoms with Crippen LogP contribution in [-0.4, -0.2) is 17.6 Å². The number of nitrogens with one attached hydrogen (secondary N) is 1. The van der Waals surface area contributed by atoms with Crippen LogP contribution in [0, 0.1) is 0 Å². The molecule has 26 heavy (non-hydrogen) atoms. The van der Waals surface area contributed by atoms with Crippen molar-refractivity contribution in [2.24, 2.45) is 0 Å². The molecular formula is C21H20N2O3. The minimum absolute atomic E-state index is 0.191. The van der Waals surface area contributed by atoms with E-state index in [1.54, 1.807) is 42.1 Å². The summed E-state index contributed by atoms with van der Waals surface area (Å²) in [5, 5.41) is 2.71. The SMILES string of the molecule is COc1ccc(CC(=O)Nc2cccn(Cc3ccccc3)c2=O)cc1. The molecule has 1 amide bonds. The quantitative estimate of drug-likeness (QED) is 0.745. The van der Waals surface area contributed by atoms with Crippen molar-refractivity contribution >= 4 is 11.6 Å². The Bertz CT molecular complexity index is 931. The number of amides is 1. The zero-order valence-corrected chi connectivity index (χ0v) is 14.5. The molecule has 0 spiro atoms. The highest BCUT2D eigenvalue weighted by Gasteiger charge is 2.09. The smallest absolute Gasteiger partial charge is 0.274 e. The summed E-state index contributed by atoms with van der Waals surface area (Å²) in [5.74, 6) is 0.505. The van der Waals surface area contributed by atoms with Gasteiger partial charge in [0.15, 0.2) is 0 Å². The highest BCUT2D eigenvalue weighted by molar-refractivity contribution is 5.92. The van der Waals surface area contributed by atoms with E-state index >= 15 is 0 Å². The van der Waals surface area contributed by atoms with Crippen molar-refractivity contribution in [3.63, 3.8) is 0 Å². The second kappa shape index (κ2) is 8.16. The molecule has 5 heteroatoms. The summed E-state index contributed by atoms with van der Waals surface area (Å²) in [6.07, 6.45) is 1.91. The van der Waals surface area contributed by atoms with Crippen molar-refractivity contribution in [1.82, 2.24) is 4.57 Å². The molecule has 1 N–H and O–H groups in total. The van der Waals surface area contributed by atoms with Gasteiger partial charge in [-0.05, 0) is 35.4 Å². The minimum Gasteiger partial charge on any atom is -0.497 e. The Morgan fingerprint density at radius 2 is 1.69 bits per heavy atom. The standard InChI is InChI=1S/C21H20N2O3/c1-26-18-11-9-16(10-12-18)14-20(24)22-19-8-5-13-23(21(19)25)15-17-6-3-2-4-7-17/h2-13H,14-15H2,1H3,(H,22,24). The van der Waals surface area contributed by atoms with Crippen molar-refractivity contribution in [2.75, 3.05) is 12.4 Å². The molecule has 0 fully saturated rings. The van der Waals surface area contributed by atoms with Crippen molar-refractivity contribution in [2.45, 2.75) is 13.0 Å². The number of carbonyl (C=O) groups excluding carboxylic acids is 1. The van der Waals surface area contributed by atoms with E-state index in [1.165, 1.54) is 0 Å². The van der Waals surface area contributed by atoms with Crippen LogP contribution in [0.4, 0.5) is 5.69 Å². The molecule has 0 aliphatic carbocycles. The Kier molecular flexibility index (Phi) is 5.49. The van der Waals surface area contributed by atoms with Gasteiger partial charge in [0, 0.05) is 6.20 Å². The maximum Gasteiger partial charge on any atom is 0.274 e. The lowest BCUT2D eigenvalue weighted by Crippen LogP contribution is -2.26. The number of benzene rings is 2. The molecule has 0 atom stereocenters. The van der Waals surface area contributed by atoms with Crippen LogP contribution in [0.2, 0.25) is 0 Å². The van der Waals surface area contributed by atoms with Gasteiger partial charge in [0.05, 0.1) is 20.1 Å². The van der Waals surface area contributed by atoms with Crippen molar-refractivity contribution < 1.29 is 9.53 Å². The number of ether oxygens (including phenoxy) is 1. The van der Waals surface area contributed by atoms with Crippen LogP contribution < -0.4 is 15.6 Å². The fraction of sp³-hybridized carbons (Fsp3) is 0.143. The molecule has 132 valence electrons. The van der Waals surface area contributed by atoms with Gasteiger partial charge >= 0.3 is 0 Å². The van der Waals surface area contributed by atoms with Crippen LogP contribution in [0.15, 0.2) is 77.7 Å². The van der Waals surface area contributed by atoms with Gasteiger partial charge in [-0.15, -0.1) is 0 Å². The fourth-order valence-corrected chi connectivity index (χ4v) is 2.66. The second-order valence-corrected chi connectivity index (χ2v) is 5.91. The lowest BCUT2D eigenvalue weighted by molar-refractivity contribution is -0.115. The summed E-state index contributed by atoms with van der Waals surface area (Å²) in [6.45, 7) is 0.460. The van der Waals surface area contributed by atoms with E-state index in [1.807, 2.05) is 42.5 Å². The lowest BCUT2D eigenvalue weighted by Gasteiger charge is -2.10. The molecule has 2 aromatic carbocycles. The van der Waals surface area contributed by atoms with E-state index < -0.39 is 0 Å². The van der Waals surface area contributed by atoms with Gasteiger partial charge in [0.2, 0.25) is 5.91 Å². The Morgan fingerprint density at radius 3 is 2.38 bits per heavy atom. The monoisotopic (exact) mass is 348 g/mol. The largest absolute Gasteiger partial charge is 0.497 e. The molecule has 1 heterocycles. The van der Waals surface area contributed by atoms with Crippen molar-refractivity contribution in [1.29, 1.82) is 0 Å². The van der Waals surface area contributed by atoms with Gasteiger partial charge < -0.3 is 14.6 Å². The number of methoxy groups -OCH3 is 1. The van der Waals surface area contributed by atoms with Gasteiger partial charge in [0.25, 0.3) is 5.56 Å². The Morgan fingerprint density at radius 1 is 0.962 bits per heavy atom. The highest BCUT2D eigenvalue weighted by atomic mass is 16.5. The van der Waals surface area contributed by atoms with Crippen LogP contribution >= 0.6 is 0 Å². The van der Waals surface area contributed by atoms with Gasteiger partial charge in [-0.1, -0.05) is 42.5 Å². The third kappa shape index (κ3) is 4.39. The third-order valence-electron chi connectivity index (χ3n) is 4.01. The topological polar surface area (TPSA) is 60.3 Å². The van der Waals surface area contributed by atoms with Crippen LogP contribution in [0.3, 0.4) is 0 Å². The number of carbonyl (C=O) groups is 1. The van der Waals surface area contributed by atoms with Gasteiger partial charge in [-0.2, -0.15) is 0 Å². The summed E-state index contributed by atoms with van der Waals surface area (Å²) in [7, 11) is 1.59. The molecule has 0 unspecified atom stereocenters. The highest BCUT2D eigenvalue weighted by Crippen LogP contribution is 2.12. The van der Waals surface area contributed by atoms with E-state index in [0.29, 0.717) is 6.54 Å². The zero-order chi connectivity index (χ0) is 18.4. The van der Waals surface area contributed by atoms with Gasteiger partial charge in [-0.25, -0.2) is 0 Å². The molecule has 0 saturated heterocycles. The fourth-order valence-electron chi connectivity index (χ4n) is 2.66. The second-order valence-electron chi connectivity index (χ2n) is 5.91. The average Bonchev–Trinajstić information content (AvgIpc) is 2.66. The number of hydrogen-bond acceptors (Lipinski definition) is 3. The number of pyridine rings is 1.